The summed E-state index contributed by atoms with van der Waals surface area (Å²) in [6.45, 7) is 3.15. The molecule has 0 aliphatic rings. The van der Waals surface area contributed by atoms with Crippen molar-refractivity contribution in [1.29, 1.82) is 0 Å². The first kappa shape index (κ1) is 30.0. The minimum atomic E-state index is -4.12. The van der Waals surface area contributed by atoms with Crippen molar-refractivity contribution in [2.75, 3.05) is 17.9 Å². The summed E-state index contributed by atoms with van der Waals surface area (Å²) in [7, 11) is -2.64. The topological polar surface area (TPSA) is 86.8 Å². The van der Waals surface area contributed by atoms with Crippen LogP contribution in [0.4, 0.5) is 5.69 Å². The van der Waals surface area contributed by atoms with E-state index in [0.29, 0.717) is 27.7 Å². The molecule has 38 heavy (non-hydrogen) atoms. The van der Waals surface area contributed by atoms with Crippen LogP contribution in [0.1, 0.15) is 24.5 Å². The van der Waals surface area contributed by atoms with E-state index in [0.717, 1.165) is 14.3 Å². The molecule has 3 rings (SSSR count). The first-order valence-corrected chi connectivity index (χ1v) is 14.8. The van der Waals surface area contributed by atoms with Crippen molar-refractivity contribution in [2.45, 2.75) is 37.8 Å². The predicted molar refractivity (Wildman–Crippen MR) is 155 cm³/mol. The molecule has 0 spiro atoms. The van der Waals surface area contributed by atoms with Crippen molar-refractivity contribution < 1.29 is 18.0 Å². The highest BCUT2D eigenvalue weighted by atomic mass is 79.9. The maximum absolute atomic E-state index is 13.9. The molecule has 11 heteroatoms. The van der Waals surface area contributed by atoms with Crippen LogP contribution >= 0.6 is 39.1 Å². The van der Waals surface area contributed by atoms with Gasteiger partial charge < -0.3 is 10.2 Å². The number of benzene rings is 3. The first-order valence-electron chi connectivity index (χ1n) is 11.8. The van der Waals surface area contributed by atoms with E-state index in [1.54, 1.807) is 61.5 Å². The zero-order valence-electron chi connectivity index (χ0n) is 21.1. The van der Waals surface area contributed by atoms with E-state index in [1.165, 1.54) is 24.1 Å². The highest BCUT2D eigenvalue weighted by molar-refractivity contribution is 9.10. The average Bonchev–Trinajstić information content (AvgIpc) is 2.89. The summed E-state index contributed by atoms with van der Waals surface area (Å²) >= 11 is 15.6. The molecule has 0 saturated carbocycles. The standard InChI is InChI=1S/C27H28BrCl2N3O4S/c1-4-25(27(35)31-3)32(16-19-7-14-23(29)24(30)15-19)26(34)17-33(21-10-8-20(28)9-11-21)38(36,37)22-12-5-18(2)6-13-22/h5-15,25H,4,16-17H2,1-3H3,(H,31,35)/t25-/m1/s1. The molecule has 0 fully saturated rings. The summed E-state index contributed by atoms with van der Waals surface area (Å²) in [4.78, 5) is 28.0. The third kappa shape index (κ3) is 7.08. The molecule has 0 bridgehead atoms. The normalized spacial score (nSPS) is 12.1. The number of nitrogens with zero attached hydrogens (tertiary/aromatic N) is 2. The van der Waals surface area contributed by atoms with Gasteiger partial charge in [-0.05, 0) is 67.4 Å². The van der Waals surface area contributed by atoms with Gasteiger partial charge in [0.25, 0.3) is 10.0 Å². The molecule has 2 amide bonds. The molecule has 0 aliphatic carbocycles. The van der Waals surface area contributed by atoms with Crippen LogP contribution in [0.25, 0.3) is 0 Å². The van der Waals surface area contributed by atoms with Crippen molar-refractivity contribution >= 4 is 66.7 Å². The van der Waals surface area contributed by atoms with Crippen LogP contribution in [0.3, 0.4) is 0 Å². The zero-order chi connectivity index (χ0) is 28.0. The molecule has 0 radical (unpaired) electrons. The number of carbonyl (C=O) groups is 2. The summed E-state index contributed by atoms with van der Waals surface area (Å²) in [6, 6.07) is 17.1. The summed E-state index contributed by atoms with van der Waals surface area (Å²) in [5.74, 6) is -0.914. The molecule has 1 atom stereocenters. The lowest BCUT2D eigenvalue weighted by Crippen LogP contribution is -2.51. The number of aryl methyl sites for hydroxylation is 1. The molecule has 202 valence electrons. The van der Waals surface area contributed by atoms with Crippen LogP contribution in [0.2, 0.25) is 10.0 Å². The van der Waals surface area contributed by atoms with E-state index >= 15 is 0 Å². The van der Waals surface area contributed by atoms with Crippen LogP contribution in [0.5, 0.6) is 0 Å². The number of hydrogen-bond acceptors (Lipinski definition) is 4. The van der Waals surface area contributed by atoms with E-state index in [1.807, 2.05) is 6.92 Å². The smallest absolute Gasteiger partial charge is 0.264 e. The number of anilines is 1. The number of likely N-dealkylation sites (N-methyl/N-ethyl adjacent to an activating group) is 1. The largest absolute Gasteiger partial charge is 0.357 e. The third-order valence-electron chi connectivity index (χ3n) is 5.97. The van der Waals surface area contributed by atoms with Crippen LogP contribution in [-0.2, 0) is 26.2 Å². The second kappa shape index (κ2) is 13.0. The third-order valence-corrected chi connectivity index (χ3v) is 9.03. The van der Waals surface area contributed by atoms with Gasteiger partial charge >= 0.3 is 0 Å². The molecule has 3 aromatic rings. The van der Waals surface area contributed by atoms with E-state index in [-0.39, 0.29) is 17.3 Å². The van der Waals surface area contributed by atoms with Gasteiger partial charge in [-0.2, -0.15) is 0 Å². The van der Waals surface area contributed by atoms with Gasteiger partial charge in [0, 0.05) is 18.1 Å². The van der Waals surface area contributed by atoms with Crippen molar-refractivity contribution in [3.05, 3.63) is 92.4 Å². The summed E-state index contributed by atoms with van der Waals surface area (Å²) < 4.78 is 29.4. The van der Waals surface area contributed by atoms with Gasteiger partial charge in [0.2, 0.25) is 11.8 Å². The Hall–Kier alpha value is -2.59. The van der Waals surface area contributed by atoms with Gasteiger partial charge in [0.1, 0.15) is 12.6 Å². The van der Waals surface area contributed by atoms with Crippen molar-refractivity contribution in [3.63, 3.8) is 0 Å². The van der Waals surface area contributed by atoms with Gasteiger partial charge in [-0.1, -0.05) is 69.8 Å². The lowest BCUT2D eigenvalue weighted by molar-refractivity contribution is -0.140. The number of sulfonamides is 1. The van der Waals surface area contributed by atoms with Gasteiger partial charge in [-0.25, -0.2) is 8.42 Å². The SMILES string of the molecule is CC[C@H](C(=O)NC)N(Cc1ccc(Cl)c(Cl)c1)C(=O)CN(c1ccc(Br)cc1)S(=O)(=O)c1ccc(C)cc1. The fourth-order valence-corrected chi connectivity index (χ4v) is 5.89. The lowest BCUT2D eigenvalue weighted by atomic mass is 10.1. The van der Waals surface area contributed by atoms with Crippen LogP contribution in [0.15, 0.2) is 76.1 Å². The monoisotopic (exact) mass is 639 g/mol. The van der Waals surface area contributed by atoms with Crippen molar-refractivity contribution in [3.8, 4) is 0 Å². The highest BCUT2D eigenvalue weighted by Gasteiger charge is 2.33. The van der Waals surface area contributed by atoms with E-state index < -0.39 is 28.5 Å². The number of hydrogen-bond donors (Lipinski definition) is 1. The molecule has 0 heterocycles. The Kier molecular flexibility index (Phi) is 10.2. The molecule has 1 N–H and O–H groups in total. The molecule has 7 nitrogen and oxygen atoms in total. The molecular formula is C27H28BrCl2N3O4S. The molecule has 0 saturated heterocycles. The Morgan fingerprint density at radius 2 is 1.61 bits per heavy atom. The predicted octanol–water partition coefficient (Wildman–Crippen LogP) is 5.81. The molecule has 0 aliphatic heterocycles. The number of nitrogens with one attached hydrogen (secondary N) is 1. The molecule has 0 aromatic heterocycles. The quantitative estimate of drug-likeness (QED) is 0.303. The van der Waals surface area contributed by atoms with Crippen LogP contribution < -0.4 is 9.62 Å². The fraction of sp³-hybridized carbons (Fsp3) is 0.259. The van der Waals surface area contributed by atoms with Crippen molar-refractivity contribution in [1.82, 2.24) is 10.2 Å². The Morgan fingerprint density at radius 1 is 0.974 bits per heavy atom. The minimum Gasteiger partial charge on any atom is -0.357 e. The Labute approximate surface area is 241 Å². The average molecular weight is 641 g/mol. The number of halogens is 3. The van der Waals surface area contributed by atoms with Gasteiger partial charge in [0.15, 0.2) is 0 Å². The van der Waals surface area contributed by atoms with E-state index in [2.05, 4.69) is 21.2 Å². The number of amides is 2. The van der Waals surface area contributed by atoms with Gasteiger partial charge in [0.05, 0.1) is 20.6 Å². The van der Waals surface area contributed by atoms with Gasteiger partial charge in [-0.3, -0.25) is 13.9 Å². The molecular weight excluding hydrogens is 613 g/mol. The van der Waals surface area contributed by atoms with Crippen molar-refractivity contribution in [2.24, 2.45) is 0 Å². The Bertz CT molecular complexity index is 1400. The van der Waals surface area contributed by atoms with E-state index in [9.17, 15) is 18.0 Å². The first-order chi connectivity index (χ1) is 18.0. The summed E-state index contributed by atoms with van der Waals surface area (Å²) in [6.07, 6.45) is 0.315. The maximum atomic E-state index is 13.9. The Morgan fingerprint density at radius 3 is 2.16 bits per heavy atom. The maximum Gasteiger partial charge on any atom is 0.264 e. The number of rotatable bonds is 10. The van der Waals surface area contributed by atoms with E-state index in [4.69, 9.17) is 23.2 Å². The molecule has 3 aromatic carbocycles. The number of carbonyl (C=O) groups excluding carboxylic acids is 2. The van der Waals surface area contributed by atoms with Crippen LogP contribution in [0, 0.1) is 6.92 Å². The minimum absolute atomic E-state index is 0.0282. The van der Waals surface area contributed by atoms with Gasteiger partial charge in [-0.15, -0.1) is 0 Å². The zero-order valence-corrected chi connectivity index (χ0v) is 25.0. The highest BCUT2D eigenvalue weighted by Crippen LogP contribution is 2.27. The van der Waals surface area contributed by atoms with Crippen LogP contribution in [-0.4, -0.2) is 44.8 Å². The Balaban J connectivity index is 2.06. The fourth-order valence-electron chi connectivity index (χ4n) is 3.89. The second-order valence-electron chi connectivity index (χ2n) is 8.61. The molecule has 0 unspecified atom stereocenters. The lowest BCUT2D eigenvalue weighted by Gasteiger charge is -2.33. The summed E-state index contributed by atoms with van der Waals surface area (Å²) in [5.41, 5.74) is 1.86. The second-order valence-corrected chi connectivity index (χ2v) is 12.2. The summed E-state index contributed by atoms with van der Waals surface area (Å²) in [5, 5.41) is 3.26.